The van der Waals surface area contributed by atoms with Crippen LogP contribution in [0.4, 0.5) is 5.13 Å². The number of aryl methyl sites for hydroxylation is 1. The highest BCUT2D eigenvalue weighted by Gasteiger charge is 2.22. The second kappa shape index (κ2) is 6.10. The van der Waals surface area contributed by atoms with Crippen LogP contribution in [0, 0.1) is 12.8 Å². The number of piperidine rings is 1. The minimum absolute atomic E-state index is 0.0361. The number of hydrogen-bond donors (Lipinski definition) is 2. The van der Waals surface area contributed by atoms with Crippen molar-refractivity contribution in [2.75, 3.05) is 31.1 Å². The van der Waals surface area contributed by atoms with Crippen molar-refractivity contribution in [1.82, 2.24) is 15.5 Å². The van der Waals surface area contributed by atoms with Gasteiger partial charge in [0.2, 0.25) is 5.13 Å². The minimum atomic E-state index is -0.803. The number of aromatic nitrogens is 2. The van der Waals surface area contributed by atoms with E-state index in [9.17, 15) is 4.79 Å². The molecule has 0 radical (unpaired) electrons. The van der Waals surface area contributed by atoms with Crippen molar-refractivity contribution in [2.24, 2.45) is 5.92 Å². The molecule has 0 spiro atoms. The summed E-state index contributed by atoms with van der Waals surface area (Å²) in [4.78, 5) is 12.7. The third kappa shape index (κ3) is 3.64. The molecule has 2 N–H and O–H groups in total. The quantitative estimate of drug-likeness (QED) is 0.821. The van der Waals surface area contributed by atoms with E-state index in [4.69, 9.17) is 5.11 Å². The van der Waals surface area contributed by atoms with Gasteiger partial charge in [-0.05, 0) is 25.7 Å². The summed E-state index contributed by atoms with van der Waals surface area (Å²) in [5.74, 6) is -0.315. The summed E-state index contributed by atoms with van der Waals surface area (Å²) < 4.78 is 0. The van der Waals surface area contributed by atoms with E-state index < -0.39 is 5.97 Å². The van der Waals surface area contributed by atoms with Crippen LogP contribution in [-0.2, 0) is 4.79 Å². The first-order valence-electron chi connectivity index (χ1n) is 6.12. The molecule has 1 aromatic heterocycles. The highest BCUT2D eigenvalue weighted by molar-refractivity contribution is 7.15. The van der Waals surface area contributed by atoms with E-state index in [1.54, 1.807) is 11.3 Å². The van der Waals surface area contributed by atoms with E-state index in [0.29, 0.717) is 5.92 Å². The molecule has 1 saturated heterocycles. The van der Waals surface area contributed by atoms with Gasteiger partial charge in [-0.3, -0.25) is 4.79 Å². The van der Waals surface area contributed by atoms with Gasteiger partial charge in [0.15, 0.2) is 0 Å². The van der Waals surface area contributed by atoms with Gasteiger partial charge in [-0.1, -0.05) is 11.3 Å². The lowest BCUT2D eigenvalue weighted by molar-refractivity contribution is -0.136. The van der Waals surface area contributed by atoms with Crippen molar-refractivity contribution in [2.45, 2.75) is 19.8 Å². The Bertz CT molecular complexity index is 410. The van der Waals surface area contributed by atoms with Gasteiger partial charge in [-0.2, -0.15) is 0 Å². The molecule has 0 aliphatic carbocycles. The Labute approximate surface area is 110 Å². The van der Waals surface area contributed by atoms with Gasteiger partial charge in [0, 0.05) is 19.6 Å². The molecule has 0 amide bonds. The molecule has 1 aliphatic rings. The van der Waals surface area contributed by atoms with Crippen molar-refractivity contribution in [3.8, 4) is 0 Å². The Kier molecular flexibility index (Phi) is 4.48. The third-order valence-corrected chi connectivity index (χ3v) is 3.91. The molecule has 7 heteroatoms. The van der Waals surface area contributed by atoms with Crippen LogP contribution in [0.2, 0.25) is 0 Å². The summed E-state index contributed by atoms with van der Waals surface area (Å²) in [6.45, 7) is 4.69. The molecule has 1 atom stereocenters. The molecule has 6 nitrogen and oxygen atoms in total. The normalized spacial score (nSPS) is 20.1. The van der Waals surface area contributed by atoms with E-state index in [2.05, 4.69) is 20.4 Å². The van der Waals surface area contributed by atoms with Crippen LogP contribution in [0.1, 0.15) is 17.8 Å². The summed E-state index contributed by atoms with van der Waals surface area (Å²) in [5, 5.41) is 21.7. The monoisotopic (exact) mass is 270 g/mol. The van der Waals surface area contributed by atoms with Crippen LogP contribution in [0.25, 0.3) is 0 Å². The maximum absolute atomic E-state index is 10.4. The van der Waals surface area contributed by atoms with E-state index >= 15 is 0 Å². The molecule has 2 rings (SSSR count). The number of anilines is 1. The zero-order chi connectivity index (χ0) is 13.0. The van der Waals surface area contributed by atoms with Gasteiger partial charge in [0.25, 0.3) is 0 Å². The lowest BCUT2D eigenvalue weighted by atomic mass is 9.98. The largest absolute Gasteiger partial charge is 0.480 e. The zero-order valence-electron chi connectivity index (χ0n) is 10.4. The van der Waals surface area contributed by atoms with Gasteiger partial charge in [0.05, 0.1) is 6.54 Å². The molecule has 1 aromatic rings. The Balaban J connectivity index is 1.83. The van der Waals surface area contributed by atoms with Crippen molar-refractivity contribution in [3.63, 3.8) is 0 Å². The lowest BCUT2D eigenvalue weighted by Gasteiger charge is -2.32. The highest BCUT2D eigenvalue weighted by Crippen LogP contribution is 2.25. The molecule has 0 bridgehead atoms. The predicted octanol–water partition coefficient (Wildman–Crippen LogP) is 0.737. The number of carbonyl (C=O) groups is 1. The van der Waals surface area contributed by atoms with Crippen LogP contribution in [0.5, 0.6) is 0 Å². The topological polar surface area (TPSA) is 78.4 Å². The third-order valence-electron chi connectivity index (χ3n) is 3.01. The van der Waals surface area contributed by atoms with Crippen molar-refractivity contribution < 1.29 is 9.90 Å². The Morgan fingerprint density at radius 1 is 1.61 bits per heavy atom. The molecule has 100 valence electrons. The number of nitrogens with one attached hydrogen (secondary N) is 1. The summed E-state index contributed by atoms with van der Waals surface area (Å²) in [5.41, 5.74) is 0. The maximum atomic E-state index is 10.4. The van der Waals surface area contributed by atoms with Crippen molar-refractivity contribution >= 4 is 22.4 Å². The summed E-state index contributed by atoms with van der Waals surface area (Å²) in [7, 11) is 0. The standard InChI is InChI=1S/C11H18N4O2S/c1-8-13-14-11(18-8)15-4-2-3-9(7-15)5-12-6-10(16)17/h9,12H,2-7H2,1H3,(H,16,17). The van der Waals surface area contributed by atoms with Crippen LogP contribution in [-0.4, -0.2) is 47.5 Å². The molecular weight excluding hydrogens is 252 g/mol. The smallest absolute Gasteiger partial charge is 0.317 e. The van der Waals surface area contributed by atoms with Gasteiger partial charge in [0.1, 0.15) is 5.01 Å². The summed E-state index contributed by atoms with van der Waals surface area (Å²) in [6.07, 6.45) is 2.26. The molecule has 1 fully saturated rings. The van der Waals surface area contributed by atoms with Gasteiger partial charge in [-0.15, -0.1) is 10.2 Å². The van der Waals surface area contributed by atoms with E-state index in [1.807, 2.05) is 6.92 Å². The molecule has 1 aliphatic heterocycles. The summed E-state index contributed by atoms with van der Waals surface area (Å²) >= 11 is 1.61. The molecular formula is C11H18N4O2S. The predicted molar refractivity (Wildman–Crippen MR) is 70.1 cm³/mol. The number of rotatable bonds is 5. The average Bonchev–Trinajstić information content (AvgIpc) is 2.76. The van der Waals surface area contributed by atoms with E-state index in [1.165, 1.54) is 0 Å². The van der Waals surface area contributed by atoms with Gasteiger partial charge in [-0.25, -0.2) is 0 Å². The average molecular weight is 270 g/mol. The maximum Gasteiger partial charge on any atom is 0.317 e. The first-order chi connectivity index (χ1) is 8.65. The molecule has 0 saturated carbocycles. The van der Waals surface area contributed by atoms with Crippen molar-refractivity contribution in [1.29, 1.82) is 0 Å². The Morgan fingerprint density at radius 3 is 3.11 bits per heavy atom. The first-order valence-corrected chi connectivity index (χ1v) is 6.94. The number of hydrogen-bond acceptors (Lipinski definition) is 6. The van der Waals surface area contributed by atoms with E-state index in [-0.39, 0.29) is 6.54 Å². The highest BCUT2D eigenvalue weighted by atomic mass is 32.1. The minimum Gasteiger partial charge on any atom is -0.480 e. The molecule has 1 unspecified atom stereocenters. The molecule has 0 aromatic carbocycles. The SMILES string of the molecule is Cc1nnc(N2CCCC(CNCC(=O)O)C2)s1. The van der Waals surface area contributed by atoms with E-state index in [0.717, 1.165) is 42.6 Å². The molecule has 2 heterocycles. The zero-order valence-corrected chi connectivity index (χ0v) is 11.2. The molecule has 18 heavy (non-hydrogen) atoms. The fraction of sp³-hybridized carbons (Fsp3) is 0.727. The number of aliphatic carboxylic acids is 1. The van der Waals surface area contributed by atoms with Crippen LogP contribution in [0.15, 0.2) is 0 Å². The first kappa shape index (κ1) is 13.2. The van der Waals surface area contributed by atoms with Gasteiger partial charge < -0.3 is 15.3 Å². The fourth-order valence-corrected chi connectivity index (χ4v) is 2.93. The van der Waals surface area contributed by atoms with Crippen LogP contribution >= 0.6 is 11.3 Å². The van der Waals surface area contributed by atoms with Crippen LogP contribution in [0.3, 0.4) is 0 Å². The van der Waals surface area contributed by atoms with Crippen LogP contribution < -0.4 is 10.2 Å². The Hall–Kier alpha value is -1.21. The van der Waals surface area contributed by atoms with Gasteiger partial charge >= 0.3 is 5.97 Å². The number of nitrogens with zero attached hydrogens (tertiary/aromatic N) is 3. The second-order valence-electron chi connectivity index (χ2n) is 4.58. The Morgan fingerprint density at radius 2 is 2.44 bits per heavy atom. The summed E-state index contributed by atoms with van der Waals surface area (Å²) in [6, 6.07) is 0. The second-order valence-corrected chi connectivity index (χ2v) is 5.74. The number of carboxylic acids is 1. The number of carboxylic acid groups (broad SMARTS) is 1. The lowest BCUT2D eigenvalue weighted by Crippen LogP contribution is -2.40. The van der Waals surface area contributed by atoms with Crippen molar-refractivity contribution in [3.05, 3.63) is 5.01 Å². The fourth-order valence-electron chi connectivity index (χ4n) is 2.20.